The first-order valence-corrected chi connectivity index (χ1v) is 6.91. The van der Waals surface area contributed by atoms with E-state index < -0.39 is 0 Å². The Morgan fingerprint density at radius 1 is 1.20 bits per heavy atom. The van der Waals surface area contributed by atoms with E-state index in [0.717, 1.165) is 25.9 Å². The Labute approximate surface area is 118 Å². The molecule has 0 aliphatic carbocycles. The highest BCUT2D eigenvalue weighted by atomic mass is 16.5. The number of amides is 2. The molecule has 1 fully saturated rings. The fourth-order valence-corrected chi connectivity index (χ4v) is 2.34. The van der Waals surface area contributed by atoms with Gasteiger partial charge in [-0.25, -0.2) is 0 Å². The topological polar surface area (TPSA) is 58.6 Å². The predicted octanol–water partition coefficient (Wildman–Crippen LogP) is 1.44. The summed E-state index contributed by atoms with van der Waals surface area (Å²) in [6.45, 7) is 1.63. The third kappa shape index (κ3) is 3.50. The van der Waals surface area contributed by atoms with Crippen molar-refractivity contribution in [3.8, 4) is 5.75 Å². The van der Waals surface area contributed by atoms with Gasteiger partial charge in [0.1, 0.15) is 5.75 Å². The molecule has 1 heterocycles. The number of para-hydroxylation sites is 1. The fraction of sp³-hybridized carbons (Fsp3) is 0.467. The first-order chi connectivity index (χ1) is 9.72. The van der Waals surface area contributed by atoms with Gasteiger partial charge in [-0.1, -0.05) is 12.1 Å². The van der Waals surface area contributed by atoms with Crippen LogP contribution in [0.3, 0.4) is 0 Å². The first kappa shape index (κ1) is 14.4. The molecule has 1 aliphatic rings. The van der Waals surface area contributed by atoms with Crippen molar-refractivity contribution in [2.45, 2.75) is 19.3 Å². The smallest absolute Gasteiger partial charge is 0.255 e. The molecule has 1 aromatic carbocycles. The Hall–Kier alpha value is -2.04. The summed E-state index contributed by atoms with van der Waals surface area (Å²) in [5, 5.41) is 2.66. The van der Waals surface area contributed by atoms with E-state index in [0.29, 0.717) is 11.3 Å². The molecule has 5 heteroatoms. The molecule has 20 heavy (non-hydrogen) atoms. The van der Waals surface area contributed by atoms with E-state index in [9.17, 15) is 9.59 Å². The molecule has 2 rings (SSSR count). The fourth-order valence-electron chi connectivity index (χ4n) is 2.34. The maximum atomic E-state index is 12.0. The van der Waals surface area contributed by atoms with Gasteiger partial charge in [0.15, 0.2) is 0 Å². The number of piperidine rings is 1. The average Bonchev–Trinajstić information content (AvgIpc) is 2.53. The minimum atomic E-state index is -0.284. The number of ether oxygens (including phenoxy) is 1. The van der Waals surface area contributed by atoms with Crippen molar-refractivity contribution in [2.75, 3.05) is 26.7 Å². The van der Waals surface area contributed by atoms with Gasteiger partial charge in [-0.05, 0) is 31.4 Å². The third-order valence-corrected chi connectivity index (χ3v) is 3.46. The van der Waals surface area contributed by atoms with Crippen molar-refractivity contribution >= 4 is 11.8 Å². The Bertz CT molecular complexity index is 482. The lowest BCUT2D eigenvalue weighted by atomic mass is 10.1. The number of likely N-dealkylation sites (tertiary alicyclic amines) is 1. The predicted molar refractivity (Wildman–Crippen MR) is 75.8 cm³/mol. The highest BCUT2D eigenvalue weighted by Gasteiger charge is 2.18. The van der Waals surface area contributed by atoms with Crippen LogP contribution in [0.25, 0.3) is 0 Å². The van der Waals surface area contributed by atoms with Crippen LogP contribution in [0.1, 0.15) is 29.6 Å². The molecule has 0 saturated carbocycles. The van der Waals surface area contributed by atoms with Crippen molar-refractivity contribution in [2.24, 2.45) is 0 Å². The van der Waals surface area contributed by atoms with Crippen LogP contribution in [-0.2, 0) is 4.79 Å². The van der Waals surface area contributed by atoms with Crippen LogP contribution < -0.4 is 10.1 Å². The lowest BCUT2D eigenvalue weighted by Crippen LogP contribution is -2.42. The van der Waals surface area contributed by atoms with Crippen molar-refractivity contribution in [3.63, 3.8) is 0 Å². The highest BCUT2D eigenvalue weighted by molar-refractivity contribution is 5.98. The second-order valence-corrected chi connectivity index (χ2v) is 4.82. The minimum Gasteiger partial charge on any atom is -0.496 e. The molecule has 0 radical (unpaired) electrons. The molecule has 5 nitrogen and oxygen atoms in total. The average molecular weight is 276 g/mol. The summed E-state index contributed by atoms with van der Waals surface area (Å²) in [7, 11) is 1.52. The molecule has 1 aliphatic heterocycles. The first-order valence-electron chi connectivity index (χ1n) is 6.91. The van der Waals surface area contributed by atoms with Gasteiger partial charge in [-0.15, -0.1) is 0 Å². The van der Waals surface area contributed by atoms with Crippen molar-refractivity contribution in [3.05, 3.63) is 29.8 Å². The number of nitrogens with zero attached hydrogens (tertiary/aromatic N) is 1. The van der Waals surface area contributed by atoms with Gasteiger partial charge in [0.2, 0.25) is 5.91 Å². The van der Waals surface area contributed by atoms with Gasteiger partial charge in [-0.3, -0.25) is 9.59 Å². The number of benzene rings is 1. The number of methoxy groups -OCH3 is 1. The molecule has 0 bridgehead atoms. The largest absolute Gasteiger partial charge is 0.496 e. The summed E-state index contributed by atoms with van der Waals surface area (Å²) in [4.78, 5) is 25.8. The summed E-state index contributed by atoms with van der Waals surface area (Å²) in [6.07, 6.45) is 3.27. The maximum absolute atomic E-state index is 12.0. The van der Waals surface area contributed by atoms with E-state index in [1.807, 2.05) is 4.90 Å². The Kier molecular flexibility index (Phi) is 4.98. The SMILES string of the molecule is COc1ccccc1C(=O)NCC(=O)N1CCCCC1. The molecule has 0 spiro atoms. The molecule has 1 N–H and O–H groups in total. The van der Waals surface area contributed by atoms with Crippen molar-refractivity contribution < 1.29 is 14.3 Å². The Balaban J connectivity index is 1.89. The van der Waals surface area contributed by atoms with Gasteiger partial charge in [0.05, 0.1) is 19.2 Å². The van der Waals surface area contributed by atoms with Crippen LogP contribution in [0.2, 0.25) is 0 Å². The molecule has 2 amide bonds. The standard InChI is InChI=1S/C15H20N2O3/c1-20-13-8-4-3-7-12(13)15(19)16-11-14(18)17-9-5-2-6-10-17/h3-4,7-8H,2,5-6,9-11H2,1H3,(H,16,19). The van der Waals surface area contributed by atoms with Crippen LogP contribution in [0.15, 0.2) is 24.3 Å². The Morgan fingerprint density at radius 2 is 1.90 bits per heavy atom. The third-order valence-electron chi connectivity index (χ3n) is 3.46. The van der Waals surface area contributed by atoms with Crippen molar-refractivity contribution in [1.82, 2.24) is 10.2 Å². The monoisotopic (exact) mass is 276 g/mol. The molecule has 0 atom stereocenters. The van der Waals surface area contributed by atoms with Gasteiger partial charge in [-0.2, -0.15) is 0 Å². The molecule has 108 valence electrons. The van der Waals surface area contributed by atoms with Crippen LogP contribution >= 0.6 is 0 Å². The Morgan fingerprint density at radius 3 is 2.60 bits per heavy atom. The van der Waals surface area contributed by atoms with Crippen LogP contribution in [-0.4, -0.2) is 43.5 Å². The number of hydrogen-bond acceptors (Lipinski definition) is 3. The van der Waals surface area contributed by atoms with Crippen LogP contribution in [0.5, 0.6) is 5.75 Å². The summed E-state index contributed by atoms with van der Waals surface area (Å²) in [6, 6.07) is 6.97. The molecular formula is C15H20N2O3. The summed E-state index contributed by atoms with van der Waals surface area (Å²) >= 11 is 0. The van der Waals surface area contributed by atoms with Gasteiger partial charge in [0, 0.05) is 13.1 Å². The zero-order valence-corrected chi connectivity index (χ0v) is 11.7. The maximum Gasteiger partial charge on any atom is 0.255 e. The van der Waals surface area contributed by atoms with E-state index >= 15 is 0 Å². The van der Waals surface area contributed by atoms with E-state index in [1.54, 1.807) is 24.3 Å². The summed E-state index contributed by atoms with van der Waals surface area (Å²) in [5.41, 5.74) is 0.446. The van der Waals surface area contributed by atoms with E-state index in [2.05, 4.69) is 5.32 Å². The van der Waals surface area contributed by atoms with Gasteiger partial charge < -0.3 is 15.0 Å². The summed E-state index contributed by atoms with van der Waals surface area (Å²) in [5.74, 6) is 0.205. The lowest BCUT2D eigenvalue weighted by Gasteiger charge is -2.26. The van der Waals surface area contributed by atoms with Crippen LogP contribution in [0, 0.1) is 0 Å². The van der Waals surface area contributed by atoms with E-state index in [-0.39, 0.29) is 18.4 Å². The van der Waals surface area contributed by atoms with Crippen LogP contribution in [0.4, 0.5) is 0 Å². The molecule has 0 unspecified atom stereocenters. The second-order valence-electron chi connectivity index (χ2n) is 4.82. The molecular weight excluding hydrogens is 256 g/mol. The van der Waals surface area contributed by atoms with E-state index in [4.69, 9.17) is 4.74 Å². The number of carbonyl (C=O) groups excluding carboxylic acids is 2. The lowest BCUT2D eigenvalue weighted by molar-refractivity contribution is -0.130. The zero-order valence-electron chi connectivity index (χ0n) is 11.7. The molecule has 1 aromatic rings. The minimum absolute atomic E-state index is 0.0204. The second kappa shape index (κ2) is 6.93. The number of nitrogens with one attached hydrogen (secondary N) is 1. The van der Waals surface area contributed by atoms with Gasteiger partial charge in [0.25, 0.3) is 5.91 Å². The van der Waals surface area contributed by atoms with E-state index in [1.165, 1.54) is 13.5 Å². The number of carbonyl (C=O) groups is 2. The quantitative estimate of drug-likeness (QED) is 0.905. The van der Waals surface area contributed by atoms with Crippen molar-refractivity contribution in [1.29, 1.82) is 0 Å². The molecule has 0 aromatic heterocycles. The number of rotatable bonds is 4. The van der Waals surface area contributed by atoms with Gasteiger partial charge >= 0.3 is 0 Å². The highest BCUT2D eigenvalue weighted by Crippen LogP contribution is 2.16. The molecule has 1 saturated heterocycles. The zero-order chi connectivity index (χ0) is 14.4. The summed E-state index contributed by atoms with van der Waals surface area (Å²) < 4.78 is 5.13. The normalized spacial score (nSPS) is 14.8. The number of hydrogen-bond donors (Lipinski definition) is 1.